The SMILES string of the molecule is CC(C)(CBr)Cc1cn2c(n1)CCCC2. The zero-order valence-electron chi connectivity index (χ0n) is 9.59. The fourth-order valence-corrected chi connectivity index (χ4v) is 2.29. The molecule has 0 aliphatic carbocycles. The Balaban J connectivity index is 2.13. The molecule has 1 aromatic rings. The zero-order valence-corrected chi connectivity index (χ0v) is 11.2. The maximum absolute atomic E-state index is 4.73. The number of fused-ring (bicyclic) bond motifs is 1. The first-order valence-corrected chi connectivity index (χ1v) is 6.84. The Hall–Kier alpha value is -0.310. The van der Waals surface area contributed by atoms with Crippen LogP contribution in [0.25, 0.3) is 0 Å². The molecule has 0 aromatic carbocycles. The molecule has 0 atom stereocenters. The molecule has 2 heterocycles. The highest BCUT2D eigenvalue weighted by atomic mass is 79.9. The van der Waals surface area contributed by atoms with Crippen molar-refractivity contribution in [2.24, 2.45) is 5.41 Å². The summed E-state index contributed by atoms with van der Waals surface area (Å²) in [6.45, 7) is 5.72. The van der Waals surface area contributed by atoms with Gasteiger partial charge in [-0.2, -0.15) is 0 Å². The van der Waals surface area contributed by atoms with Gasteiger partial charge in [-0.1, -0.05) is 29.8 Å². The first-order chi connectivity index (χ1) is 7.11. The van der Waals surface area contributed by atoms with Gasteiger partial charge >= 0.3 is 0 Å². The summed E-state index contributed by atoms with van der Waals surface area (Å²) < 4.78 is 2.34. The van der Waals surface area contributed by atoms with Crippen LogP contribution in [0.2, 0.25) is 0 Å². The van der Waals surface area contributed by atoms with Gasteiger partial charge in [0, 0.05) is 24.5 Å². The topological polar surface area (TPSA) is 17.8 Å². The lowest BCUT2D eigenvalue weighted by molar-refractivity contribution is 0.420. The third kappa shape index (κ3) is 2.63. The van der Waals surface area contributed by atoms with Crippen LogP contribution in [0.1, 0.15) is 38.2 Å². The second kappa shape index (κ2) is 4.28. The van der Waals surface area contributed by atoms with Gasteiger partial charge in [0.05, 0.1) is 5.69 Å². The molecule has 0 saturated carbocycles. The summed E-state index contributed by atoms with van der Waals surface area (Å²) in [5.41, 5.74) is 1.57. The minimum absolute atomic E-state index is 0.310. The van der Waals surface area contributed by atoms with Gasteiger partial charge in [-0.15, -0.1) is 0 Å². The van der Waals surface area contributed by atoms with E-state index in [4.69, 9.17) is 4.98 Å². The fraction of sp³-hybridized carbons (Fsp3) is 0.750. The van der Waals surface area contributed by atoms with E-state index in [-0.39, 0.29) is 0 Å². The van der Waals surface area contributed by atoms with Crippen molar-refractivity contribution in [2.45, 2.75) is 46.1 Å². The number of halogens is 1. The summed E-state index contributed by atoms with van der Waals surface area (Å²) in [4.78, 5) is 4.73. The van der Waals surface area contributed by atoms with E-state index in [2.05, 4.69) is 40.5 Å². The first kappa shape index (κ1) is 11.2. The minimum atomic E-state index is 0.310. The van der Waals surface area contributed by atoms with Gasteiger partial charge in [0.25, 0.3) is 0 Å². The van der Waals surface area contributed by atoms with E-state index in [9.17, 15) is 0 Å². The van der Waals surface area contributed by atoms with Crippen LogP contribution in [0, 0.1) is 5.41 Å². The molecule has 0 saturated heterocycles. The number of aromatic nitrogens is 2. The number of imidazole rings is 1. The molecule has 2 rings (SSSR count). The van der Waals surface area contributed by atoms with Gasteiger partial charge in [0.15, 0.2) is 0 Å². The molecule has 0 N–H and O–H groups in total. The molecule has 3 heteroatoms. The highest BCUT2D eigenvalue weighted by molar-refractivity contribution is 9.09. The Kier molecular flexibility index (Phi) is 3.19. The molecular weight excluding hydrogens is 252 g/mol. The average Bonchev–Trinajstić information content (AvgIpc) is 2.58. The molecule has 0 unspecified atom stereocenters. The van der Waals surface area contributed by atoms with Crippen molar-refractivity contribution in [3.63, 3.8) is 0 Å². The van der Waals surface area contributed by atoms with Crippen molar-refractivity contribution in [2.75, 3.05) is 5.33 Å². The highest BCUT2D eigenvalue weighted by Crippen LogP contribution is 2.25. The van der Waals surface area contributed by atoms with Crippen molar-refractivity contribution >= 4 is 15.9 Å². The molecule has 0 radical (unpaired) electrons. The number of rotatable bonds is 3. The molecule has 0 amide bonds. The molecule has 0 fully saturated rings. The number of aryl methyl sites for hydroxylation is 2. The Morgan fingerprint density at radius 3 is 2.93 bits per heavy atom. The molecule has 84 valence electrons. The van der Waals surface area contributed by atoms with Crippen LogP contribution in [-0.2, 0) is 19.4 Å². The summed E-state index contributed by atoms with van der Waals surface area (Å²) in [6.07, 6.45) is 7.09. The number of hydrogen-bond acceptors (Lipinski definition) is 1. The summed E-state index contributed by atoms with van der Waals surface area (Å²) >= 11 is 3.57. The Labute approximate surface area is 100 Å². The number of hydrogen-bond donors (Lipinski definition) is 0. The van der Waals surface area contributed by atoms with Gasteiger partial charge in [0.1, 0.15) is 5.82 Å². The normalized spacial score (nSPS) is 16.5. The van der Waals surface area contributed by atoms with Crippen LogP contribution in [0.15, 0.2) is 6.20 Å². The molecule has 0 spiro atoms. The van der Waals surface area contributed by atoms with Gasteiger partial charge in [0.2, 0.25) is 0 Å². The molecule has 0 bridgehead atoms. The Bertz CT molecular complexity index is 318. The first-order valence-electron chi connectivity index (χ1n) is 5.72. The van der Waals surface area contributed by atoms with Gasteiger partial charge in [-0.25, -0.2) is 4.98 Å². The van der Waals surface area contributed by atoms with Crippen LogP contribution in [0.3, 0.4) is 0 Å². The highest BCUT2D eigenvalue weighted by Gasteiger charge is 2.20. The Morgan fingerprint density at radius 1 is 1.47 bits per heavy atom. The van der Waals surface area contributed by atoms with Crippen LogP contribution < -0.4 is 0 Å². The molecule has 1 aliphatic heterocycles. The van der Waals surface area contributed by atoms with Crippen LogP contribution in [0.4, 0.5) is 0 Å². The van der Waals surface area contributed by atoms with Crippen molar-refractivity contribution in [3.8, 4) is 0 Å². The number of alkyl halides is 1. The second-order valence-electron chi connectivity index (χ2n) is 5.27. The molecular formula is C12H19BrN2. The third-order valence-corrected chi connectivity index (χ3v) is 4.50. The molecule has 2 nitrogen and oxygen atoms in total. The minimum Gasteiger partial charge on any atom is -0.335 e. The van der Waals surface area contributed by atoms with Crippen LogP contribution in [-0.4, -0.2) is 14.9 Å². The van der Waals surface area contributed by atoms with E-state index in [1.165, 1.54) is 24.4 Å². The maximum Gasteiger partial charge on any atom is 0.108 e. The second-order valence-corrected chi connectivity index (χ2v) is 5.83. The van der Waals surface area contributed by atoms with Gasteiger partial charge in [-0.05, 0) is 24.7 Å². The van der Waals surface area contributed by atoms with Gasteiger partial charge < -0.3 is 4.57 Å². The summed E-state index contributed by atoms with van der Waals surface area (Å²) in [6, 6.07) is 0. The summed E-state index contributed by atoms with van der Waals surface area (Å²) in [7, 11) is 0. The van der Waals surface area contributed by atoms with Crippen LogP contribution >= 0.6 is 15.9 Å². The Morgan fingerprint density at radius 2 is 2.27 bits per heavy atom. The monoisotopic (exact) mass is 270 g/mol. The van der Waals surface area contributed by atoms with E-state index in [0.29, 0.717) is 5.41 Å². The standard InChI is InChI=1S/C12H19BrN2/c1-12(2,9-13)7-10-8-15-6-4-3-5-11(15)14-10/h8H,3-7,9H2,1-2H3. The molecule has 15 heavy (non-hydrogen) atoms. The lowest BCUT2D eigenvalue weighted by atomic mass is 9.91. The quantitative estimate of drug-likeness (QED) is 0.772. The van der Waals surface area contributed by atoms with E-state index in [1.54, 1.807) is 0 Å². The third-order valence-electron chi connectivity index (χ3n) is 2.98. The smallest absolute Gasteiger partial charge is 0.108 e. The van der Waals surface area contributed by atoms with Gasteiger partial charge in [-0.3, -0.25) is 0 Å². The zero-order chi connectivity index (χ0) is 10.9. The van der Waals surface area contributed by atoms with E-state index in [0.717, 1.165) is 24.7 Å². The summed E-state index contributed by atoms with van der Waals surface area (Å²) in [5, 5.41) is 1.03. The van der Waals surface area contributed by atoms with E-state index >= 15 is 0 Å². The lowest BCUT2D eigenvalue weighted by Gasteiger charge is -2.19. The number of nitrogens with zero attached hydrogens (tertiary/aromatic N) is 2. The summed E-state index contributed by atoms with van der Waals surface area (Å²) in [5.74, 6) is 1.29. The van der Waals surface area contributed by atoms with Crippen LogP contribution in [0.5, 0.6) is 0 Å². The van der Waals surface area contributed by atoms with Crippen molar-refractivity contribution in [1.82, 2.24) is 9.55 Å². The average molecular weight is 271 g/mol. The van der Waals surface area contributed by atoms with E-state index in [1.807, 2.05) is 0 Å². The maximum atomic E-state index is 4.73. The fourth-order valence-electron chi connectivity index (χ4n) is 2.09. The predicted molar refractivity (Wildman–Crippen MR) is 66.4 cm³/mol. The molecule has 1 aromatic heterocycles. The predicted octanol–water partition coefficient (Wildman–Crippen LogP) is 3.18. The lowest BCUT2D eigenvalue weighted by Crippen LogP contribution is -2.16. The van der Waals surface area contributed by atoms with Crippen molar-refractivity contribution < 1.29 is 0 Å². The molecule has 1 aliphatic rings. The van der Waals surface area contributed by atoms with Crippen molar-refractivity contribution in [1.29, 1.82) is 0 Å². The van der Waals surface area contributed by atoms with Crippen molar-refractivity contribution in [3.05, 3.63) is 17.7 Å². The largest absolute Gasteiger partial charge is 0.335 e. The van der Waals surface area contributed by atoms with E-state index < -0.39 is 0 Å².